The van der Waals surface area contributed by atoms with E-state index in [1.165, 1.54) is 0 Å². The molecule has 1 atom stereocenters. The van der Waals surface area contributed by atoms with Crippen LogP contribution >= 0.6 is 0 Å². The van der Waals surface area contributed by atoms with Crippen LogP contribution in [-0.4, -0.2) is 54.6 Å². The van der Waals surface area contributed by atoms with E-state index in [1.807, 2.05) is 6.92 Å². The number of imide groups is 1. The fraction of sp³-hybridized carbons (Fsp3) is 0.727. The molecule has 0 bridgehead atoms. The number of nitrogens with zero attached hydrogens (tertiary/aromatic N) is 1. The largest absolute Gasteiger partial charge is 0.381 e. The van der Waals surface area contributed by atoms with Crippen LogP contribution in [0.5, 0.6) is 0 Å². The fourth-order valence-corrected chi connectivity index (χ4v) is 2.30. The van der Waals surface area contributed by atoms with Crippen LogP contribution in [0.1, 0.15) is 19.8 Å². The van der Waals surface area contributed by atoms with Crippen molar-refractivity contribution in [2.24, 2.45) is 0 Å². The third-order valence-corrected chi connectivity index (χ3v) is 3.30. The summed E-state index contributed by atoms with van der Waals surface area (Å²) in [6, 6.07) is -0.483. The minimum absolute atomic E-state index is 0.0470. The van der Waals surface area contributed by atoms with E-state index in [2.05, 4.69) is 10.6 Å². The normalized spacial score (nSPS) is 26.6. The van der Waals surface area contributed by atoms with Gasteiger partial charge >= 0.3 is 6.03 Å². The van der Waals surface area contributed by atoms with Crippen LogP contribution in [0.15, 0.2) is 0 Å². The first kappa shape index (κ1) is 12.8. The zero-order valence-electron chi connectivity index (χ0n) is 10.3. The Morgan fingerprint density at radius 2 is 2.28 bits per heavy atom. The van der Waals surface area contributed by atoms with Crippen LogP contribution in [0.4, 0.5) is 4.79 Å². The van der Waals surface area contributed by atoms with Gasteiger partial charge < -0.3 is 15.0 Å². The predicted octanol–water partition coefficient (Wildman–Crippen LogP) is -0.776. The van der Waals surface area contributed by atoms with Crippen molar-refractivity contribution >= 4 is 17.8 Å². The summed E-state index contributed by atoms with van der Waals surface area (Å²) >= 11 is 0. The highest BCUT2D eigenvalue weighted by molar-refractivity contribution is 6.07. The summed E-state index contributed by atoms with van der Waals surface area (Å²) in [4.78, 5) is 36.3. The van der Waals surface area contributed by atoms with Gasteiger partial charge in [-0.05, 0) is 13.3 Å². The van der Waals surface area contributed by atoms with Gasteiger partial charge in [-0.3, -0.25) is 14.9 Å². The average molecular weight is 255 g/mol. The highest BCUT2D eigenvalue weighted by Gasteiger charge is 2.51. The molecule has 7 nitrogen and oxygen atoms in total. The van der Waals surface area contributed by atoms with E-state index in [-0.39, 0.29) is 18.4 Å². The Morgan fingerprint density at radius 3 is 2.89 bits per heavy atom. The summed E-state index contributed by atoms with van der Waals surface area (Å²) in [6.07, 6.45) is 0.768. The molecule has 0 aromatic rings. The molecule has 1 unspecified atom stereocenters. The van der Waals surface area contributed by atoms with Gasteiger partial charge in [0, 0.05) is 13.2 Å². The summed E-state index contributed by atoms with van der Waals surface area (Å²) < 4.78 is 5.12. The smallest absolute Gasteiger partial charge is 0.322 e. The number of carbonyl (C=O) groups excluding carboxylic acids is 3. The average Bonchev–Trinajstić information content (AvgIpc) is 2.85. The number of urea groups is 1. The van der Waals surface area contributed by atoms with E-state index in [1.54, 1.807) is 4.90 Å². The number of likely N-dealkylation sites (tertiary alicyclic amines) is 1. The Bertz CT molecular complexity index is 384. The SMILES string of the molecule is CCOCCC(=O)N1CCC2(C1)NC(=O)NC2=O. The highest BCUT2D eigenvalue weighted by atomic mass is 16.5. The number of ether oxygens (including phenoxy) is 1. The molecule has 2 N–H and O–H groups in total. The van der Waals surface area contributed by atoms with E-state index in [0.29, 0.717) is 32.6 Å². The summed E-state index contributed by atoms with van der Waals surface area (Å²) in [5.74, 6) is -0.387. The van der Waals surface area contributed by atoms with Crippen LogP contribution in [0.3, 0.4) is 0 Å². The van der Waals surface area contributed by atoms with E-state index < -0.39 is 11.6 Å². The maximum Gasteiger partial charge on any atom is 0.322 e. The third-order valence-electron chi connectivity index (χ3n) is 3.30. The van der Waals surface area contributed by atoms with Crippen LogP contribution in [0, 0.1) is 0 Å². The van der Waals surface area contributed by atoms with Crippen molar-refractivity contribution < 1.29 is 19.1 Å². The molecule has 7 heteroatoms. The zero-order chi connectivity index (χ0) is 13.2. The quantitative estimate of drug-likeness (QED) is 0.510. The number of hydrogen-bond donors (Lipinski definition) is 2. The lowest BCUT2D eigenvalue weighted by atomic mass is 10.00. The van der Waals surface area contributed by atoms with Crippen molar-refractivity contribution in [2.75, 3.05) is 26.3 Å². The summed E-state index contributed by atoms with van der Waals surface area (Å²) in [5.41, 5.74) is -0.918. The van der Waals surface area contributed by atoms with Gasteiger partial charge in [0.15, 0.2) is 0 Å². The van der Waals surface area contributed by atoms with Gasteiger partial charge in [-0.2, -0.15) is 0 Å². The molecular formula is C11H17N3O4. The standard InChI is InChI=1S/C11H17N3O4/c1-2-18-6-3-8(15)14-5-4-11(7-14)9(16)12-10(17)13-11/h2-7H2,1H3,(H2,12,13,16,17). The molecule has 0 aromatic heterocycles. The molecule has 18 heavy (non-hydrogen) atoms. The first-order valence-corrected chi connectivity index (χ1v) is 6.06. The molecule has 100 valence electrons. The van der Waals surface area contributed by atoms with Crippen LogP contribution in [0.25, 0.3) is 0 Å². The van der Waals surface area contributed by atoms with E-state index >= 15 is 0 Å². The molecule has 2 saturated heterocycles. The first-order chi connectivity index (χ1) is 8.57. The van der Waals surface area contributed by atoms with Gasteiger partial charge in [0.2, 0.25) is 5.91 Å². The molecule has 1 spiro atoms. The monoisotopic (exact) mass is 255 g/mol. The second-order valence-electron chi connectivity index (χ2n) is 4.50. The molecule has 2 heterocycles. The van der Waals surface area contributed by atoms with Gasteiger partial charge in [0.1, 0.15) is 5.54 Å². The van der Waals surface area contributed by atoms with Gasteiger partial charge in [0.05, 0.1) is 19.6 Å². The van der Waals surface area contributed by atoms with Crippen molar-refractivity contribution in [2.45, 2.75) is 25.3 Å². The van der Waals surface area contributed by atoms with E-state index in [0.717, 1.165) is 0 Å². The molecule has 0 aliphatic carbocycles. The van der Waals surface area contributed by atoms with Crippen molar-refractivity contribution in [1.82, 2.24) is 15.5 Å². The fourth-order valence-electron chi connectivity index (χ4n) is 2.30. The molecule has 0 radical (unpaired) electrons. The van der Waals surface area contributed by atoms with Crippen LogP contribution in [-0.2, 0) is 14.3 Å². The maximum atomic E-state index is 11.8. The first-order valence-electron chi connectivity index (χ1n) is 6.06. The number of nitrogens with one attached hydrogen (secondary N) is 2. The molecule has 0 saturated carbocycles. The third kappa shape index (κ3) is 2.31. The second kappa shape index (κ2) is 4.93. The van der Waals surface area contributed by atoms with Gasteiger partial charge in [-0.25, -0.2) is 4.79 Å². The predicted molar refractivity (Wildman–Crippen MR) is 61.7 cm³/mol. The number of amides is 4. The molecular weight excluding hydrogens is 238 g/mol. The van der Waals surface area contributed by atoms with Gasteiger partial charge in [-0.1, -0.05) is 0 Å². The van der Waals surface area contributed by atoms with Crippen molar-refractivity contribution in [3.05, 3.63) is 0 Å². The van der Waals surface area contributed by atoms with Crippen LogP contribution < -0.4 is 10.6 Å². The maximum absolute atomic E-state index is 11.8. The molecule has 2 aliphatic heterocycles. The second-order valence-corrected chi connectivity index (χ2v) is 4.50. The van der Waals surface area contributed by atoms with E-state index in [9.17, 15) is 14.4 Å². The zero-order valence-corrected chi connectivity index (χ0v) is 10.3. The van der Waals surface area contributed by atoms with Crippen molar-refractivity contribution in [3.63, 3.8) is 0 Å². The van der Waals surface area contributed by atoms with Gasteiger partial charge in [0.25, 0.3) is 5.91 Å². The number of rotatable bonds is 4. The molecule has 2 fully saturated rings. The minimum atomic E-state index is -0.918. The lowest BCUT2D eigenvalue weighted by Crippen LogP contribution is -2.49. The molecule has 4 amide bonds. The van der Waals surface area contributed by atoms with Crippen LogP contribution in [0.2, 0.25) is 0 Å². The number of hydrogen-bond acceptors (Lipinski definition) is 4. The lowest BCUT2D eigenvalue weighted by Gasteiger charge is -2.21. The number of carbonyl (C=O) groups is 3. The highest BCUT2D eigenvalue weighted by Crippen LogP contribution is 2.24. The van der Waals surface area contributed by atoms with E-state index in [4.69, 9.17) is 4.74 Å². The molecule has 0 aromatic carbocycles. The summed E-state index contributed by atoms with van der Waals surface area (Å²) in [6.45, 7) is 3.56. The minimum Gasteiger partial charge on any atom is -0.381 e. The Kier molecular flexibility index (Phi) is 3.51. The summed E-state index contributed by atoms with van der Waals surface area (Å²) in [5, 5.41) is 4.82. The molecule has 2 rings (SSSR count). The van der Waals surface area contributed by atoms with Crippen molar-refractivity contribution in [1.29, 1.82) is 0 Å². The molecule has 2 aliphatic rings. The Labute approximate surface area is 105 Å². The Morgan fingerprint density at radius 1 is 1.50 bits per heavy atom. The lowest BCUT2D eigenvalue weighted by molar-refractivity contribution is -0.131. The summed E-state index contributed by atoms with van der Waals surface area (Å²) in [7, 11) is 0. The Balaban J connectivity index is 1.90. The van der Waals surface area contributed by atoms with Crippen molar-refractivity contribution in [3.8, 4) is 0 Å². The van der Waals surface area contributed by atoms with Gasteiger partial charge in [-0.15, -0.1) is 0 Å². The Hall–Kier alpha value is -1.63. The topological polar surface area (TPSA) is 87.7 Å².